The molecule has 0 radical (unpaired) electrons. The van der Waals surface area contributed by atoms with Gasteiger partial charge in [0.1, 0.15) is 12.6 Å². The van der Waals surface area contributed by atoms with Gasteiger partial charge in [-0.3, -0.25) is 13.9 Å². The monoisotopic (exact) mass is 569 g/mol. The second kappa shape index (κ2) is 13.6. The highest BCUT2D eigenvalue weighted by atomic mass is 35.5. The SMILES string of the molecule is CCC(C(=O)NC(C)C)N(CCc1ccccc1)C(=O)CN(c1ccc(Cl)cc1)S(=O)(=O)c1ccc(C)cc1. The molecule has 1 N–H and O–H groups in total. The van der Waals surface area contributed by atoms with Gasteiger partial charge in [-0.15, -0.1) is 0 Å². The fraction of sp³-hybridized carbons (Fsp3) is 0.333. The number of nitrogens with one attached hydrogen (secondary N) is 1. The molecule has 0 saturated carbocycles. The molecular weight excluding hydrogens is 534 g/mol. The molecule has 1 atom stereocenters. The molecule has 0 fully saturated rings. The lowest BCUT2D eigenvalue weighted by molar-refractivity contribution is -0.139. The minimum atomic E-state index is -4.11. The molecule has 7 nitrogen and oxygen atoms in total. The van der Waals surface area contributed by atoms with E-state index in [4.69, 9.17) is 11.6 Å². The zero-order valence-electron chi connectivity index (χ0n) is 22.8. The van der Waals surface area contributed by atoms with Gasteiger partial charge >= 0.3 is 0 Å². The lowest BCUT2D eigenvalue weighted by Gasteiger charge is -2.33. The van der Waals surface area contributed by atoms with Gasteiger partial charge in [-0.2, -0.15) is 0 Å². The number of aryl methyl sites for hydroxylation is 1. The number of carbonyl (C=O) groups is 2. The first-order valence-corrected chi connectivity index (χ1v) is 14.8. The maximum absolute atomic E-state index is 14.0. The molecule has 0 bridgehead atoms. The fourth-order valence-corrected chi connectivity index (χ4v) is 5.79. The molecule has 0 heterocycles. The minimum Gasteiger partial charge on any atom is -0.352 e. The average molecular weight is 570 g/mol. The second-order valence-corrected chi connectivity index (χ2v) is 12.0. The van der Waals surface area contributed by atoms with Crippen LogP contribution in [0.3, 0.4) is 0 Å². The summed E-state index contributed by atoms with van der Waals surface area (Å²) in [6.45, 7) is 7.21. The summed E-state index contributed by atoms with van der Waals surface area (Å²) in [5.41, 5.74) is 2.23. The van der Waals surface area contributed by atoms with Gasteiger partial charge < -0.3 is 10.2 Å². The molecule has 0 aromatic heterocycles. The van der Waals surface area contributed by atoms with Gasteiger partial charge in [-0.1, -0.05) is 66.6 Å². The predicted octanol–water partition coefficient (Wildman–Crippen LogP) is 5.22. The Hall–Kier alpha value is -3.36. The molecule has 0 saturated heterocycles. The van der Waals surface area contributed by atoms with Crippen molar-refractivity contribution in [1.82, 2.24) is 10.2 Å². The quantitative estimate of drug-likeness (QED) is 0.324. The Labute approximate surface area is 236 Å². The normalized spacial score (nSPS) is 12.2. The van der Waals surface area contributed by atoms with Gasteiger partial charge in [0.2, 0.25) is 11.8 Å². The van der Waals surface area contributed by atoms with E-state index in [-0.39, 0.29) is 23.4 Å². The number of carbonyl (C=O) groups excluding carboxylic acids is 2. The van der Waals surface area contributed by atoms with Crippen molar-refractivity contribution < 1.29 is 18.0 Å². The Morgan fingerprint density at radius 2 is 1.54 bits per heavy atom. The molecule has 1 unspecified atom stereocenters. The van der Waals surface area contributed by atoms with Crippen LogP contribution in [0.2, 0.25) is 5.02 Å². The first kappa shape index (κ1) is 30.2. The maximum Gasteiger partial charge on any atom is 0.264 e. The van der Waals surface area contributed by atoms with Crippen LogP contribution < -0.4 is 9.62 Å². The summed E-state index contributed by atoms with van der Waals surface area (Å²) in [5, 5.41) is 3.34. The van der Waals surface area contributed by atoms with E-state index in [9.17, 15) is 18.0 Å². The van der Waals surface area contributed by atoms with Crippen molar-refractivity contribution in [2.24, 2.45) is 0 Å². The Bertz CT molecular complexity index is 1350. The van der Waals surface area contributed by atoms with Crippen LogP contribution in [0.15, 0.2) is 83.8 Å². The number of hydrogen-bond donors (Lipinski definition) is 1. The van der Waals surface area contributed by atoms with E-state index in [1.54, 1.807) is 36.4 Å². The van der Waals surface area contributed by atoms with E-state index in [1.165, 1.54) is 17.0 Å². The van der Waals surface area contributed by atoms with Crippen LogP contribution in [0.25, 0.3) is 0 Å². The average Bonchev–Trinajstić information content (AvgIpc) is 2.90. The standard InChI is InChI=1S/C30H36ClN3O4S/c1-5-28(30(36)32-22(2)3)33(20-19-24-9-7-6-8-10-24)29(35)21-34(26-15-13-25(31)14-16-26)39(37,38)27-17-11-23(4)12-18-27/h6-18,22,28H,5,19-21H2,1-4H3,(H,32,36). The van der Waals surface area contributed by atoms with Crippen LogP contribution in [-0.2, 0) is 26.0 Å². The van der Waals surface area contributed by atoms with Gasteiger partial charge in [0.25, 0.3) is 10.0 Å². The van der Waals surface area contributed by atoms with Crippen molar-refractivity contribution in [3.8, 4) is 0 Å². The number of benzene rings is 3. The Balaban J connectivity index is 2.00. The second-order valence-electron chi connectivity index (χ2n) is 9.71. The van der Waals surface area contributed by atoms with E-state index < -0.39 is 28.5 Å². The molecule has 39 heavy (non-hydrogen) atoms. The highest BCUT2D eigenvalue weighted by Crippen LogP contribution is 2.26. The molecule has 0 aliphatic carbocycles. The zero-order chi connectivity index (χ0) is 28.6. The van der Waals surface area contributed by atoms with Crippen molar-refractivity contribution in [2.45, 2.75) is 57.5 Å². The zero-order valence-corrected chi connectivity index (χ0v) is 24.4. The number of rotatable bonds is 12. The topological polar surface area (TPSA) is 86.8 Å². The van der Waals surface area contributed by atoms with Gasteiger partial charge in [0, 0.05) is 17.6 Å². The predicted molar refractivity (Wildman–Crippen MR) is 156 cm³/mol. The molecule has 0 aliphatic heterocycles. The summed E-state index contributed by atoms with van der Waals surface area (Å²) in [5.74, 6) is -0.740. The Kier molecular flexibility index (Phi) is 10.5. The largest absolute Gasteiger partial charge is 0.352 e. The van der Waals surface area contributed by atoms with Gasteiger partial charge in [0.05, 0.1) is 10.6 Å². The summed E-state index contributed by atoms with van der Waals surface area (Å²) in [6, 6.07) is 21.6. The number of anilines is 1. The van der Waals surface area contributed by atoms with E-state index in [1.807, 2.05) is 58.0 Å². The van der Waals surface area contributed by atoms with Gasteiger partial charge in [-0.25, -0.2) is 8.42 Å². The van der Waals surface area contributed by atoms with Crippen molar-refractivity contribution in [2.75, 3.05) is 17.4 Å². The molecule has 0 aliphatic rings. The van der Waals surface area contributed by atoms with E-state index in [2.05, 4.69) is 5.32 Å². The number of nitrogens with zero attached hydrogens (tertiary/aromatic N) is 2. The molecule has 9 heteroatoms. The highest BCUT2D eigenvalue weighted by Gasteiger charge is 2.33. The lowest BCUT2D eigenvalue weighted by Crippen LogP contribution is -2.54. The van der Waals surface area contributed by atoms with E-state index in [0.717, 1.165) is 15.4 Å². The molecule has 3 rings (SSSR count). The van der Waals surface area contributed by atoms with E-state index in [0.29, 0.717) is 23.6 Å². The van der Waals surface area contributed by atoms with Crippen LogP contribution in [0.1, 0.15) is 38.3 Å². The summed E-state index contributed by atoms with van der Waals surface area (Å²) < 4.78 is 28.7. The number of sulfonamides is 1. The van der Waals surface area contributed by atoms with E-state index >= 15 is 0 Å². The molecule has 208 valence electrons. The van der Waals surface area contributed by atoms with Crippen LogP contribution in [-0.4, -0.2) is 50.3 Å². The lowest BCUT2D eigenvalue weighted by atomic mass is 10.1. The molecular formula is C30H36ClN3O4S. The van der Waals surface area contributed by atoms with Crippen molar-refractivity contribution in [3.63, 3.8) is 0 Å². The van der Waals surface area contributed by atoms with Crippen LogP contribution in [0, 0.1) is 6.92 Å². The van der Waals surface area contributed by atoms with Gasteiger partial charge in [0.15, 0.2) is 0 Å². The molecule has 3 aromatic rings. The van der Waals surface area contributed by atoms with Crippen molar-refractivity contribution in [1.29, 1.82) is 0 Å². The number of amides is 2. The third-order valence-electron chi connectivity index (χ3n) is 6.30. The summed E-state index contributed by atoms with van der Waals surface area (Å²) >= 11 is 6.07. The summed E-state index contributed by atoms with van der Waals surface area (Å²) in [6.07, 6.45) is 0.897. The third-order valence-corrected chi connectivity index (χ3v) is 8.34. The first-order valence-electron chi connectivity index (χ1n) is 13.0. The first-order chi connectivity index (χ1) is 18.5. The molecule has 0 spiro atoms. The van der Waals surface area contributed by atoms with Crippen LogP contribution in [0.5, 0.6) is 0 Å². The summed E-state index contributed by atoms with van der Waals surface area (Å²) in [4.78, 5) is 28.6. The van der Waals surface area contributed by atoms with Gasteiger partial charge in [-0.05, 0) is 75.6 Å². The van der Waals surface area contributed by atoms with Crippen LogP contribution in [0.4, 0.5) is 5.69 Å². The minimum absolute atomic E-state index is 0.0660. The maximum atomic E-state index is 14.0. The molecule has 3 aromatic carbocycles. The highest BCUT2D eigenvalue weighted by molar-refractivity contribution is 7.92. The van der Waals surface area contributed by atoms with Crippen molar-refractivity contribution in [3.05, 3.63) is 95.0 Å². The Morgan fingerprint density at radius 3 is 2.10 bits per heavy atom. The smallest absolute Gasteiger partial charge is 0.264 e. The third kappa shape index (κ3) is 8.07. The van der Waals surface area contributed by atoms with Crippen molar-refractivity contribution >= 4 is 39.1 Å². The number of hydrogen-bond acceptors (Lipinski definition) is 4. The fourth-order valence-electron chi connectivity index (χ4n) is 4.25. The number of halogens is 1. The van der Waals surface area contributed by atoms with Crippen LogP contribution >= 0.6 is 11.6 Å². The Morgan fingerprint density at radius 1 is 0.923 bits per heavy atom. The molecule has 2 amide bonds. The summed E-state index contributed by atoms with van der Waals surface area (Å²) in [7, 11) is -4.11.